The van der Waals surface area contributed by atoms with Crippen LogP contribution in [0.2, 0.25) is 10.0 Å². The zero-order chi connectivity index (χ0) is 18.1. The molecule has 3 rings (SSSR count). The van der Waals surface area contributed by atoms with Gasteiger partial charge in [0.1, 0.15) is 18.1 Å². The molecule has 132 valence electrons. The zero-order valence-corrected chi connectivity index (χ0v) is 16.4. The Morgan fingerprint density at radius 2 is 2.16 bits per heavy atom. The molecule has 0 aliphatic carbocycles. The minimum atomic E-state index is -0.838. The molecule has 1 N–H and O–H groups in total. The smallest absolute Gasteiger partial charge is 0.306 e. The lowest BCUT2D eigenvalue weighted by Crippen LogP contribution is -2.20. The van der Waals surface area contributed by atoms with E-state index in [1.54, 1.807) is 25.1 Å². The third kappa shape index (κ3) is 3.89. The number of fused-ring (bicyclic) bond motifs is 1. The van der Waals surface area contributed by atoms with Gasteiger partial charge in [0.15, 0.2) is 0 Å². The molecule has 0 amide bonds. The highest BCUT2D eigenvalue weighted by atomic mass is 79.9. The number of ether oxygens (including phenoxy) is 2. The quantitative estimate of drug-likeness (QED) is 0.657. The monoisotopic (exact) mass is 444 g/mol. The van der Waals surface area contributed by atoms with Crippen molar-refractivity contribution in [2.75, 3.05) is 6.61 Å². The van der Waals surface area contributed by atoms with Crippen molar-refractivity contribution < 1.29 is 19.4 Å². The fourth-order valence-electron chi connectivity index (χ4n) is 2.72. The normalized spacial score (nSPS) is 16.9. The second-order valence-electron chi connectivity index (χ2n) is 5.89. The number of rotatable bonds is 5. The molecule has 7 heteroatoms. The van der Waals surface area contributed by atoms with Crippen LogP contribution in [0.4, 0.5) is 0 Å². The lowest BCUT2D eigenvalue weighted by molar-refractivity contribution is -0.142. The number of benzene rings is 2. The first kappa shape index (κ1) is 18.4. The fourth-order valence-corrected chi connectivity index (χ4v) is 3.66. The Bertz CT molecular complexity index is 825. The predicted octanol–water partition coefficient (Wildman–Crippen LogP) is 5.53. The van der Waals surface area contributed by atoms with E-state index in [1.807, 2.05) is 12.1 Å². The number of carboxylic acids is 1. The van der Waals surface area contributed by atoms with E-state index in [1.165, 1.54) is 0 Å². The molecule has 25 heavy (non-hydrogen) atoms. The minimum absolute atomic E-state index is 0.177. The van der Waals surface area contributed by atoms with Gasteiger partial charge in [0, 0.05) is 33.2 Å². The van der Waals surface area contributed by atoms with Gasteiger partial charge in [-0.3, -0.25) is 4.79 Å². The van der Waals surface area contributed by atoms with Crippen molar-refractivity contribution in [3.8, 4) is 11.5 Å². The van der Waals surface area contributed by atoms with E-state index in [-0.39, 0.29) is 12.5 Å². The van der Waals surface area contributed by atoms with Crippen LogP contribution in [-0.4, -0.2) is 17.7 Å². The van der Waals surface area contributed by atoms with Crippen molar-refractivity contribution in [1.29, 1.82) is 0 Å². The summed E-state index contributed by atoms with van der Waals surface area (Å²) in [6, 6.07) is 8.88. The number of halogens is 3. The first-order chi connectivity index (χ1) is 11.9. The van der Waals surface area contributed by atoms with Crippen molar-refractivity contribution >= 4 is 45.1 Å². The third-order valence-corrected chi connectivity index (χ3v) is 5.48. The van der Waals surface area contributed by atoms with E-state index < -0.39 is 11.9 Å². The van der Waals surface area contributed by atoms with Crippen molar-refractivity contribution in [3.63, 3.8) is 0 Å². The van der Waals surface area contributed by atoms with Crippen LogP contribution in [0.5, 0.6) is 11.5 Å². The Kier molecular flexibility index (Phi) is 5.46. The summed E-state index contributed by atoms with van der Waals surface area (Å²) in [6.45, 7) is 2.32. The Morgan fingerprint density at radius 1 is 1.40 bits per heavy atom. The maximum atomic E-state index is 11.2. The van der Waals surface area contributed by atoms with Gasteiger partial charge >= 0.3 is 5.97 Å². The molecule has 0 bridgehead atoms. The highest BCUT2D eigenvalue weighted by molar-refractivity contribution is 9.10. The SMILES string of the molecule is CC(C(=O)O)[C@@H]1COc2cc(OCc3ccc(Cl)cc3Cl)c(Br)cc21. The molecule has 0 saturated heterocycles. The molecule has 0 fully saturated rings. The number of hydrogen-bond donors (Lipinski definition) is 1. The molecule has 0 saturated carbocycles. The minimum Gasteiger partial charge on any atom is -0.492 e. The molecule has 2 aromatic rings. The molecule has 2 aromatic carbocycles. The van der Waals surface area contributed by atoms with Gasteiger partial charge < -0.3 is 14.6 Å². The van der Waals surface area contributed by atoms with Crippen LogP contribution in [0, 0.1) is 5.92 Å². The maximum Gasteiger partial charge on any atom is 0.306 e. The summed E-state index contributed by atoms with van der Waals surface area (Å²) in [5.74, 6) is -0.279. The van der Waals surface area contributed by atoms with Gasteiger partial charge in [0.2, 0.25) is 0 Å². The summed E-state index contributed by atoms with van der Waals surface area (Å²) in [5, 5.41) is 10.3. The second-order valence-corrected chi connectivity index (χ2v) is 7.59. The molecule has 4 nitrogen and oxygen atoms in total. The van der Waals surface area contributed by atoms with E-state index >= 15 is 0 Å². The molecule has 1 unspecified atom stereocenters. The average Bonchev–Trinajstić information content (AvgIpc) is 2.95. The largest absolute Gasteiger partial charge is 0.492 e. The Morgan fingerprint density at radius 3 is 2.84 bits per heavy atom. The fraction of sp³-hybridized carbons (Fsp3) is 0.278. The Hall–Kier alpha value is -1.43. The number of hydrogen-bond acceptors (Lipinski definition) is 3. The highest BCUT2D eigenvalue weighted by Crippen LogP contribution is 2.43. The summed E-state index contributed by atoms with van der Waals surface area (Å²) < 4.78 is 12.2. The predicted molar refractivity (Wildman–Crippen MR) is 100.0 cm³/mol. The lowest BCUT2D eigenvalue weighted by Gasteiger charge is -2.15. The number of aliphatic carboxylic acids is 1. The molecule has 2 atom stereocenters. The summed E-state index contributed by atoms with van der Waals surface area (Å²) in [6.07, 6.45) is 0. The van der Waals surface area contributed by atoms with Crippen molar-refractivity contribution in [2.45, 2.75) is 19.4 Å². The second kappa shape index (κ2) is 7.44. The number of carboxylic acid groups (broad SMARTS) is 1. The summed E-state index contributed by atoms with van der Waals surface area (Å²) in [4.78, 5) is 11.2. The summed E-state index contributed by atoms with van der Waals surface area (Å²) in [7, 11) is 0. The van der Waals surface area contributed by atoms with Gasteiger partial charge in [-0.15, -0.1) is 0 Å². The van der Waals surface area contributed by atoms with Gasteiger partial charge in [0.05, 0.1) is 17.0 Å². The van der Waals surface area contributed by atoms with Crippen LogP contribution >= 0.6 is 39.1 Å². The van der Waals surface area contributed by atoms with Gasteiger partial charge in [-0.1, -0.05) is 36.2 Å². The standard InChI is InChI=1S/C18H15BrCl2O4/c1-9(18(22)23)13-8-25-16-6-17(14(19)5-12(13)16)24-7-10-2-3-11(20)4-15(10)21/h2-6,9,13H,7-8H2,1H3,(H,22,23)/t9?,13-/m0/s1. The van der Waals surface area contributed by atoms with Crippen LogP contribution in [0.3, 0.4) is 0 Å². The third-order valence-electron chi connectivity index (χ3n) is 4.27. The molecule has 0 aromatic heterocycles. The molecule has 1 heterocycles. The Balaban J connectivity index is 1.79. The van der Waals surface area contributed by atoms with E-state index in [0.717, 1.165) is 15.6 Å². The first-order valence-corrected chi connectivity index (χ1v) is 9.17. The molecule has 0 radical (unpaired) electrons. The first-order valence-electron chi connectivity index (χ1n) is 7.62. The van der Waals surface area contributed by atoms with Crippen LogP contribution < -0.4 is 9.47 Å². The van der Waals surface area contributed by atoms with E-state index in [4.69, 9.17) is 32.7 Å². The maximum absolute atomic E-state index is 11.2. The molecular formula is C18H15BrCl2O4. The summed E-state index contributed by atoms with van der Waals surface area (Å²) in [5.41, 5.74) is 1.69. The van der Waals surface area contributed by atoms with Crippen LogP contribution in [-0.2, 0) is 11.4 Å². The summed E-state index contributed by atoms with van der Waals surface area (Å²) >= 11 is 15.5. The lowest BCUT2D eigenvalue weighted by atomic mass is 9.89. The van der Waals surface area contributed by atoms with Crippen LogP contribution in [0.25, 0.3) is 0 Å². The zero-order valence-electron chi connectivity index (χ0n) is 13.3. The van der Waals surface area contributed by atoms with Crippen molar-refractivity contribution in [3.05, 3.63) is 56.0 Å². The molecular weight excluding hydrogens is 431 g/mol. The van der Waals surface area contributed by atoms with Gasteiger partial charge in [-0.25, -0.2) is 0 Å². The van der Waals surface area contributed by atoms with Gasteiger partial charge in [-0.2, -0.15) is 0 Å². The Labute approximate surface area is 163 Å². The highest BCUT2D eigenvalue weighted by Gasteiger charge is 2.33. The van der Waals surface area contributed by atoms with Gasteiger partial charge in [-0.05, 0) is 34.1 Å². The molecule has 1 aliphatic rings. The van der Waals surface area contributed by atoms with E-state index in [9.17, 15) is 9.90 Å². The number of carbonyl (C=O) groups is 1. The average molecular weight is 446 g/mol. The van der Waals surface area contributed by atoms with Crippen LogP contribution in [0.15, 0.2) is 34.8 Å². The topological polar surface area (TPSA) is 55.8 Å². The van der Waals surface area contributed by atoms with Gasteiger partial charge in [0.25, 0.3) is 0 Å². The van der Waals surface area contributed by atoms with Crippen molar-refractivity contribution in [2.24, 2.45) is 5.92 Å². The molecule has 0 spiro atoms. The van der Waals surface area contributed by atoms with E-state index in [2.05, 4.69) is 15.9 Å². The van der Waals surface area contributed by atoms with Crippen molar-refractivity contribution in [1.82, 2.24) is 0 Å². The molecule has 1 aliphatic heterocycles. The van der Waals surface area contributed by atoms with Crippen LogP contribution in [0.1, 0.15) is 24.0 Å². The van der Waals surface area contributed by atoms with E-state index in [0.29, 0.717) is 28.2 Å².